The van der Waals surface area contributed by atoms with Gasteiger partial charge in [-0.15, -0.1) is 0 Å². The number of hydrogen-bond donors (Lipinski definition) is 0. The minimum Gasteiger partial charge on any atom is -0.198 e. The van der Waals surface area contributed by atoms with E-state index in [4.69, 9.17) is 0 Å². The lowest BCUT2D eigenvalue weighted by molar-refractivity contribution is 0.371. The van der Waals surface area contributed by atoms with E-state index in [0.29, 0.717) is 0 Å². The summed E-state index contributed by atoms with van der Waals surface area (Å²) >= 11 is 0. The van der Waals surface area contributed by atoms with Crippen LogP contribution in [-0.4, -0.2) is 0 Å². The van der Waals surface area contributed by atoms with Crippen LogP contribution in [0.1, 0.15) is 101 Å². The van der Waals surface area contributed by atoms with Crippen LogP contribution in [0.2, 0.25) is 0 Å². The van der Waals surface area contributed by atoms with Gasteiger partial charge in [0.05, 0.1) is 11.5 Å². The third-order valence-corrected chi connectivity index (χ3v) is 7.09. The first-order valence-corrected chi connectivity index (χ1v) is 12.0. The molecule has 160 valence electrons. The summed E-state index contributed by atoms with van der Waals surface area (Å²) in [5.41, 5.74) is 8.65. The second-order valence-corrected chi connectivity index (χ2v) is 10.2. The molecule has 0 amide bonds. The second kappa shape index (κ2) is 9.38. The summed E-state index contributed by atoms with van der Waals surface area (Å²) in [5.74, 6) is 0. The Labute approximate surface area is 184 Å². The Balaban J connectivity index is 1.97. The highest BCUT2D eigenvalue weighted by Crippen LogP contribution is 2.54. The first-order chi connectivity index (χ1) is 14.3. The van der Waals surface area contributed by atoms with Gasteiger partial charge in [-0.2, -0.15) is 5.26 Å². The molecule has 1 nitrogen and oxygen atoms in total. The average molecular weight is 402 g/mol. The summed E-state index contributed by atoms with van der Waals surface area (Å²) in [6.07, 6.45) is 10.9. The quantitative estimate of drug-likeness (QED) is 0.365. The lowest BCUT2D eigenvalue weighted by atomic mass is 9.70. The van der Waals surface area contributed by atoms with Crippen molar-refractivity contribution in [3.8, 4) is 17.2 Å². The fourth-order valence-corrected chi connectivity index (χ4v) is 5.29. The van der Waals surface area contributed by atoms with Crippen LogP contribution < -0.4 is 0 Å². The van der Waals surface area contributed by atoms with E-state index in [-0.39, 0.29) is 10.8 Å². The van der Waals surface area contributed by atoms with Gasteiger partial charge in [0.15, 0.2) is 0 Å². The predicted octanol–water partition coefficient (Wildman–Crippen LogP) is 8.65. The molecule has 30 heavy (non-hydrogen) atoms. The maximum Gasteiger partial charge on any atom is 0.0683 e. The summed E-state index contributed by atoms with van der Waals surface area (Å²) in [5, 5.41) is 9.39. The van der Waals surface area contributed by atoms with Crippen LogP contribution in [0, 0.1) is 30.6 Å². The highest BCUT2D eigenvalue weighted by atomic mass is 14.4. The van der Waals surface area contributed by atoms with Crippen molar-refractivity contribution in [2.45, 2.75) is 97.8 Å². The first kappa shape index (κ1) is 22.6. The van der Waals surface area contributed by atoms with Gasteiger partial charge < -0.3 is 0 Å². The SMILES string of the molecule is CCCCCCC1(CCCCC(C)(C)C#N)c2cc(C)ccc2-c2ccc(C)cc21. The van der Waals surface area contributed by atoms with Crippen molar-refractivity contribution in [3.63, 3.8) is 0 Å². The smallest absolute Gasteiger partial charge is 0.0683 e. The van der Waals surface area contributed by atoms with Crippen LogP contribution in [0.3, 0.4) is 0 Å². The highest BCUT2D eigenvalue weighted by molar-refractivity contribution is 5.81. The average Bonchev–Trinajstić information content (AvgIpc) is 2.97. The van der Waals surface area contributed by atoms with Gasteiger partial charge in [0.2, 0.25) is 0 Å². The Morgan fingerprint density at radius 1 is 0.800 bits per heavy atom. The molecule has 0 fully saturated rings. The summed E-state index contributed by atoms with van der Waals surface area (Å²) in [4.78, 5) is 0. The number of nitrogens with zero attached hydrogens (tertiary/aromatic N) is 1. The predicted molar refractivity (Wildman–Crippen MR) is 129 cm³/mol. The molecule has 0 N–H and O–H groups in total. The number of unbranched alkanes of at least 4 members (excludes halogenated alkanes) is 4. The fourth-order valence-electron chi connectivity index (χ4n) is 5.29. The maximum atomic E-state index is 9.39. The molecule has 0 atom stereocenters. The van der Waals surface area contributed by atoms with Gasteiger partial charge in [-0.25, -0.2) is 0 Å². The minimum atomic E-state index is -0.215. The molecule has 0 radical (unpaired) electrons. The van der Waals surface area contributed by atoms with Gasteiger partial charge in [0.25, 0.3) is 0 Å². The van der Waals surface area contributed by atoms with Crippen molar-refractivity contribution in [2.24, 2.45) is 5.41 Å². The molecule has 0 aliphatic heterocycles. The molecule has 1 aliphatic rings. The van der Waals surface area contributed by atoms with Crippen molar-refractivity contribution in [2.75, 3.05) is 0 Å². The molecule has 0 heterocycles. The van der Waals surface area contributed by atoms with E-state index in [2.05, 4.69) is 77.1 Å². The molecule has 0 aromatic heterocycles. The number of benzene rings is 2. The Bertz CT molecular complexity index is 861. The van der Waals surface area contributed by atoms with E-state index in [9.17, 15) is 5.26 Å². The molecule has 3 rings (SSSR count). The standard InChI is InChI=1S/C29H39N/c1-6-7-8-9-17-29(18-11-10-16-28(4,5)21-30)26-19-22(2)12-14-24(26)25-15-13-23(3)20-27(25)29/h12-15,19-20H,6-11,16-18H2,1-5H3. The zero-order valence-corrected chi connectivity index (χ0v) is 19.8. The number of nitriles is 1. The highest BCUT2D eigenvalue weighted by Gasteiger charge is 2.42. The summed E-state index contributed by atoms with van der Waals surface area (Å²) in [6, 6.07) is 16.6. The second-order valence-electron chi connectivity index (χ2n) is 10.2. The molecular weight excluding hydrogens is 362 g/mol. The van der Waals surface area contributed by atoms with E-state index in [1.54, 1.807) is 11.1 Å². The zero-order valence-electron chi connectivity index (χ0n) is 19.8. The minimum absolute atomic E-state index is 0.132. The Morgan fingerprint density at radius 3 is 1.83 bits per heavy atom. The van der Waals surface area contributed by atoms with Gasteiger partial charge in [-0.1, -0.05) is 93.0 Å². The van der Waals surface area contributed by atoms with Crippen molar-refractivity contribution in [1.82, 2.24) is 0 Å². The summed E-state index contributed by atoms with van der Waals surface area (Å²) in [6.45, 7) is 10.9. The number of fused-ring (bicyclic) bond motifs is 3. The molecule has 0 saturated carbocycles. The van der Waals surface area contributed by atoms with Gasteiger partial charge in [0, 0.05) is 5.41 Å². The Morgan fingerprint density at radius 2 is 1.33 bits per heavy atom. The normalized spacial score (nSPS) is 14.3. The maximum absolute atomic E-state index is 9.39. The molecular formula is C29H39N. The third kappa shape index (κ3) is 4.64. The van der Waals surface area contributed by atoms with Crippen LogP contribution in [0.25, 0.3) is 11.1 Å². The fraction of sp³-hybridized carbons (Fsp3) is 0.552. The van der Waals surface area contributed by atoms with E-state index >= 15 is 0 Å². The van der Waals surface area contributed by atoms with E-state index in [0.717, 1.165) is 12.8 Å². The van der Waals surface area contributed by atoms with Crippen molar-refractivity contribution in [1.29, 1.82) is 5.26 Å². The lowest BCUT2D eigenvalue weighted by Crippen LogP contribution is -2.26. The van der Waals surface area contributed by atoms with Crippen molar-refractivity contribution < 1.29 is 0 Å². The summed E-state index contributed by atoms with van der Waals surface area (Å²) < 4.78 is 0. The topological polar surface area (TPSA) is 23.8 Å². The Hall–Kier alpha value is -2.07. The molecule has 1 aliphatic carbocycles. The van der Waals surface area contributed by atoms with Crippen LogP contribution in [0.5, 0.6) is 0 Å². The third-order valence-electron chi connectivity index (χ3n) is 7.09. The monoisotopic (exact) mass is 401 g/mol. The van der Waals surface area contributed by atoms with Gasteiger partial charge in [-0.3, -0.25) is 0 Å². The molecule has 2 aromatic rings. The van der Waals surface area contributed by atoms with Crippen LogP contribution >= 0.6 is 0 Å². The largest absolute Gasteiger partial charge is 0.198 e. The van der Waals surface area contributed by atoms with Crippen LogP contribution in [-0.2, 0) is 5.41 Å². The van der Waals surface area contributed by atoms with E-state index < -0.39 is 0 Å². The molecule has 2 aromatic carbocycles. The van der Waals surface area contributed by atoms with Gasteiger partial charge in [0.1, 0.15) is 0 Å². The van der Waals surface area contributed by atoms with Gasteiger partial charge >= 0.3 is 0 Å². The number of hydrogen-bond acceptors (Lipinski definition) is 1. The lowest BCUT2D eigenvalue weighted by Gasteiger charge is -2.33. The molecule has 0 unspecified atom stereocenters. The van der Waals surface area contributed by atoms with E-state index in [1.165, 1.54) is 67.2 Å². The first-order valence-electron chi connectivity index (χ1n) is 12.0. The van der Waals surface area contributed by atoms with Crippen LogP contribution in [0.15, 0.2) is 36.4 Å². The van der Waals surface area contributed by atoms with Crippen LogP contribution in [0.4, 0.5) is 0 Å². The Kier molecular flexibility index (Phi) is 7.07. The number of aryl methyl sites for hydroxylation is 2. The van der Waals surface area contributed by atoms with E-state index in [1.807, 2.05) is 0 Å². The van der Waals surface area contributed by atoms with Crippen molar-refractivity contribution in [3.05, 3.63) is 58.7 Å². The van der Waals surface area contributed by atoms with Gasteiger partial charge in [-0.05, 0) is 69.2 Å². The summed E-state index contributed by atoms with van der Waals surface area (Å²) in [7, 11) is 0. The molecule has 0 saturated heterocycles. The molecule has 0 spiro atoms. The number of rotatable bonds is 10. The molecule has 1 heteroatoms. The molecule has 0 bridgehead atoms. The van der Waals surface area contributed by atoms with Crippen molar-refractivity contribution >= 4 is 0 Å². The zero-order chi connectivity index (χ0) is 21.8.